The monoisotopic (exact) mass is 340 g/mol. The Bertz CT molecular complexity index is 747. The van der Waals surface area contributed by atoms with Gasteiger partial charge in [-0.05, 0) is 18.4 Å². The van der Waals surface area contributed by atoms with E-state index < -0.39 is 0 Å². The maximum absolute atomic E-state index is 12.3. The van der Waals surface area contributed by atoms with Crippen molar-refractivity contribution >= 4 is 5.91 Å². The Balaban J connectivity index is 1.60. The minimum absolute atomic E-state index is 0.201. The molecule has 0 aliphatic heterocycles. The Morgan fingerprint density at radius 3 is 2.52 bits per heavy atom. The predicted molar refractivity (Wildman–Crippen MR) is 96.8 cm³/mol. The first-order valence-corrected chi connectivity index (χ1v) is 8.93. The summed E-state index contributed by atoms with van der Waals surface area (Å²) < 4.78 is 5.55. The Morgan fingerprint density at radius 2 is 1.84 bits per heavy atom. The smallest absolute Gasteiger partial charge is 0.268 e. The lowest BCUT2D eigenvalue weighted by Crippen LogP contribution is -2.35. The largest absolute Gasteiger partial charge is 0.483 e. The number of ether oxygens (including phenoxy) is 1. The van der Waals surface area contributed by atoms with Gasteiger partial charge in [0, 0.05) is 18.3 Å². The summed E-state index contributed by atoms with van der Waals surface area (Å²) in [5, 5.41) is 3.03. The fourth-order valence-corrected chi connectivity index (χ4v) is 3.12. The molecule has 2 aromatic rings. The van der Waals surface area contributed by atoms with E-state index in [1.807, 2.05) is 30.3 Å². The lowest BCUT2D eigenvalue weighted by molar-refractivity contribution is 0.0928. The number of H-pyrrole nitrogens is 1. The minimum atomic E-state index is -0.291. The summed E-state index contributed by atoms with van der Waals surface area (Å²) in [5.74, 6) is -0.00604. The zero-order valence-electron chi connectivity index (χ0n) is 14.3. The quantitative estimate of drug-likeness (QED) is 0.820. The van der Waals surface area contributed by atoms with Gasteiger partial charge in [-0.1, -0.05) is 56.0 Å². The van der Waals surface area contributed by atoms with Gasteiger partial charge in [0.25, 0.3) is 5.91 Å². The molecule has 0 unspecified atom stereocenters. The Morgan fingerprint density at radius 1 is 1.12 bits per heavy atom. The lowest BCUT2D eigenvalue weighted by atomic mass is 10.1. The third kappa shape index (κ3) is 4.95. The molecule has 0 radical (unpaired) electrons. The molecule has 1 aromatic heterocycles. The van der Waals surface area contributed by atoms with Crippen LogP contribution in [0.4, 0.5) is 0 Å². The number of rotatable bonds is 5. The van der Waals surface area contributed by atoms with Crippen LogP contribution in [0.3, 0.4) is 0 Å². The molecule has 1 aromatic carbocycles. The van der Waals surface area contributed by atoms with Gasteiger partial charge in [0.1, 0.15) is 12.3 Å². The molecule has 1 aliphatic carbocycles. The highest BCUT2D eigenvalue weighted by atomic mass is 16.5. The van der Waals surface area contributed by atoms with E-state index in [-0.39, 0.29) is 28.8 Å². The molecule has 5 heteroatoms. The van der Waals surface area contributed by atoms with Crippen molar-refractivity contribution in [2.24, 2.45) is 0 Å². The second kappa shape index (κ2) is 8.51. The first-order chi connectivity index (χ1) is 12.2. The van der Waals surface area contributed by atoms with E-state index in [2.05, 4.69) is 10.3 Å². The van der Waals surface area contributed by atoms with Crippen molar-refractivity contribution in [3.63, 3.8) is 0 Å². The number of pyridine rings is 1. The molecule has 0 atom stereocenters. The summed E-state index contributed by atoms with van der Waals surface area (Å²) >= 11 is 0. The van der Waals surface area contributed by atoms with Crippen LogP contribution in [0.25, 0.3) is 0 Å². The van der Waals surface area contributed by atoms with Gasteiger partial charge in [0.15, 0.2) is 5.75 Å². The molecule has 0 spiro atoms. The highest BCUT2D eigenvalue weighted by Crippen LogP contribution is 2.17. The summed E-state index contributed by atoms with van der Waals surface area (Å²) in [5.41, 5.74) is 0.971. The number of hydrogen-bond donors (Lipinski definition) is 2. The fourth-order valence-electron chi connectivity index (χ4n) is 3.12. The van der Waals surface area contributed by atoms with E-state index in [9.17, 15) is 9.59 Å². The van der Waals surface area contributed by atoms with Crippen LogP contribution >= 0.6 is 0 Å². The van der Waals surface area contributed by atoms with Gasteiger partial charge in [-0.3, -0.25) is 9.59 Å². The van der Waals surface area contributed by atoms with Crippen molar-refractivity contribution in [1.82, 2.24) is 10.3 Å². The first-order valence-electron chi connectivity index (χ1n) is 8.93. The van der Waals surface area contributed by atoms with Crippen LogP contribution in [0.2, 0.25) is 0 Å². The molecule has 1 aliphatic rings. The molecule has 1 fully saturated rings. The molecule has 25 heavy (non-hydrogen) atoms. The second-order valence-electron chi connectivity index (χ2n) is 6.51. The average Bonchev–Trinajstić information content (AvgIpc) is 2.90. The summed E-state index contributed by atoms with van der Waals surface area (Å²) in [7, 11) is 0. The SMILES string of the molecule is O=C(NC1CCCCCC1)c1cc(=O)c(OCc2ccccc2)c[nH]1. The van der Waals surface area contributed by atoms with Crippen molar-refractivity contribution in [3.8, 4) is 5.75 Å². The topological polar surface area (TPSA) is 71.2 Å². The van der Waals surface area contributed by atoms with Crippen molar-refractivity contribution in [2.75, 3.05) is 0 Å². The zero-order valence-corrected chi connectivity index (χ0v) is 14.3. The third-order valence-corrected chi connectivity index (χ3v) is 4.55. The van der Waals surface area contributed by atoms with Crippen LogP contribution < -0.4 is 15.5 Å². The van der Waals surface area contributed by atoms with Gasteiger partial charge in [0.2, 0.25) is 5.43 Å². The van der Waals surface area contributed by atoms with E-state index in [0.717, 1.165) is 31.2 Å². The van der Waals surface area contributed by atoms with E-state index in [1.54, 1.807) is 0 Å². The minimum Gasteiger partial charge on any atom is -0.483 e. The number of nitrogens with one attached hydrogen (secondary N) is 2. The first kappa shape index (κ1) is 17.3. The summed E-state index contributed by atoms with van der Waals surface area (Å²) in [6.07, 6.45) is 8.24. The normalized spacial score (nSPS) is 15.4. The van der Waals surface area contributed by atoms with Crippen LogP contribution in [0.5, 0.6) is 5.75 Å². The molecule has 132 valence electrons. The van der Waals surface area contributed by atoms with Gasteiger partial charge in [-0.2, -0.15) is 0 Å². The van der Waals surface area contributed by atoms with Crippen LogP contribution in [0.15, 0.2) is 47.4 Å². The van der Waals surface area contributed by atoms with Gasteiger partial charge in [0.05, 0.1) is 0 Å². The molecule has 5 nitrogen and oxygen atoms in total. The fraction of sp³-hybridized carbons (Fsp3) is 0.400. The van der Waals surface area contributed by atoms with Crippen molar-refractivity contribution < 1.29 is 9.53 Å². The van der Waals surface area contributed by atoms with E-state index in [1.165, 1.54) is 25.1 Å². The van der Waals surface area contributed by atoms with Crippen LogP contribution in [-0.2, 0) is 6.61 Å². The van der Waals surface area contributed by atoms with Gasteiger partial charge in [-0.25, -0.2) is 0 Å². The van der Waals surface area contributed by atoms with E-state index in [0.29, 0.717) is 6.61 Å². The van der Waals surface area contributed by atoms with E-state index >= 15 is 0 Å². The standard InChI is InChI=1S/C20H24N2O3/c23-18-12-17(20(24)22-16-10-6-1-2-7-11-16)21-13-19(18)25-14-15-8-4-3-5-9-15/h3-5,8-9,12-13,16H,1-2,6-7,10-11,14H2,(H,21,23)(H,22,24). The number of hydrogen-bond acceptors (Lipinski definition) is 3. The van der Waals surface area contributed by atoms with Gasteiger partial charge >= 0.3 is 0 Å². The van der Waals surface area contributed by atoms with Gasteiger partial charge < -0.3 is 15.0 Å². The number of benzene rings is 1. The molecular formula is C20H24N2O3. The molecule has 3 rings (SSSR count). The highest BCUT2D eigenvalue weighted by molar-refractivity contribution is 5.92. The average molecular weight is 340 g/mol. The Labute approximate surface area is 147 Å². The Hall–Kier alpha value is -2.56. The summed E-state index contributed by atoms with van der Waals surface area (Å²) in [4.78, 5) is 27.4. The molecule has 2 N–H and O–H groups in total. The second-order valence-corrected chi connectivity index (χ2v) is 6.51. The molecule has 1 heterocycles. The number of aromatic amines is 1. The highest BCUT2D eigenvalue weighted by Gasteiger charge is 2.17. The molecule has 0 saturated heterocycles. The molecule has 1 saturated carbocycles. The number of carbonyl (C=O) groups is 1. The zero-order chi connectivity index (χ0) is 17.5. The van der Waals surface area contributed by atoms with Crippen LogP contribution in [0, 0.1) is 0 Å². The maximum Gasteiger partial charge on any atom is 0.268 e. The van der Waals surface area contributed by atoms with Crippen molar-refractivity contribution in [3.05, 3.63) is 64.1 Å². The van der Waals surface area contributed by atoms with Crippen molar-refractivity contribution in [1.29, 1.82) is 0 Å². The number of amides is 1. The van der Waals surface area contributed by atoms with Crippen LogP contribution in [-0.4, -0.2) is 16.9 Å². The number of aromatic nitrogens is 1. The van der Waals surface area contributed by atoms with Gasteiger partial charge in [-0.15, -0.1) is 0 Å². The maximum atomic E-state index is 12.3. The summed E-state index contributed by atoms with van der Waals surface area (Å²) in [6, 6.07) is 11.1. The van der Waals surface area contributed by atoms with Crippen LogP contribution in [0.1, 0.15) is 54.6 Å². The third-order valence-electron chi connectivity index (χ3n) is 4.55. The van der Waals surface area contributed by atoms with Crippen molar-refractivity contribution in [2.45, 2.75) is 51.2 Å². The summed E-state index contributed by atoms with van der Waals surface area (Å²) in [6.45, 7) is 0.317. The lowest BCUT2D eigenvalue weighted by Gasteiger charge is -2.16. The molecular weight excluding hydrogens is 316 g/mol. The number of carbonyl (C=O) groups excluding carboxylic acids is 1. The molecule has 0 bridgehead atoms. The van der Waals surface area contributed by atoms with E-state index in [4.69, 9.17) is 4.74 Å². The Kier molecular flexibility index (Phi) is 5.88. The molecule has 1 amide bonds. The predicted octanol–water partition coefficient (Wildman–Crippen LogP) is 3.41.